The number of hydrogen-bond donors (Lipinski definition) is 2. The summed E-state index contributed by atoms with van der Waals surface area (Å²) in [6.07, 6.45) is 0.597. The second-order valence-corrected chi connectivity index (χ2v) is 4.03. The Morgan fingerprint density at radius 1 is 1.50 bits per heavy atom. The van der Waals surface area contributed by atoms with E-state index >= 15 is 0 Å². The van der Waals surface area contributed by atoms with Crippen LogP contribution < -0.4 is 20.5 Å². The maximum atomic E-state index is 11.2. The van der Waals surface area contributed by atoms with Gasteiger partial charge in [-0.05, 0) is 19.0 Å². The predicted molar refractivity (Wildman–Crippen MR) is 70.3 cm³/mol. The third-order valence-electron chi connectivity index (χ3n) is 2.36. The summed E-state index contributed by atoms with van der Waals surface area (Å²) >= 11 is 5.97. The van der Waals surface area contributed by atoms with Crippen LogP contribution in [0.4, 0.5) is 0 Å². The van der Waals surface area contributed by atoms with E-state index < -0.39 is 0 Å². The van der Waals surface area contributed by atoms with E-state index in [4.69, 9.17) is 26.8 Å². The van der Waals surface area contributed by atoms with Crippen LogP contribution in [0.15, 0.2) is 12.1 Å². The van der Waals surface area contributed by atoms with Gasteiger partial charge in [0.15, 0.2) is 18.1 Å². The molecule has 5 nitrogen and oxygen atoms in total. The van der Waals surface area contributed by atoms with Crippen molar-refractivity contribution in [2.75, 3.05) is 27.3 Å². The molecular formula is C12H17ClN2O3. The summed E-state index contributed by atoms with van der Waals surface area (Å²) < 4.78 is 10.7. The number of rotatable bonds is 6. The van der Waals surface area contributed by atoms with E-state index in [2.05, 4.69) is 5.32 Å². The van der Waals surface area contributed by atoms with Crippen molar-refractivity contribution in [3.8, 4) is 11.5 Å². The molecule has 0 spiro atoms. The van der Waals surface area contributed by atoms with Crippen LogP contribution in [0.3, 0.4) is 0 Å². The Bertz CT molecular complexity index is 424. The van der Waals surface area contributed by atoms with Crippen LogP contribution in [-0.4, -0.2) is 33.2 Å². The summed E-state index contributed by atoms with van der Waals surface area (Å²) in [5.41, 5.74) is 6.36. The highest BCUT2D eigenvalue weighted by atomic mass is 35.5. The first kappa shape index (κ1) is 14.6. The third kappa shape index (κ3) is 3.78. The number of hydrogen-bond acceptors (Lipinski definition) is 4. The first-order valence-corrected chi connectivity index (χ1v) is 5.90. The van der Waals surface area contributed by atoms with E-state index in [-0.39, 0.29) is 12.5 Å². The van der Waals surface area contributed by atoms with Crippen LogP contribution in [0.5, 0.6) is 11.5 Å². The second-order valence-electron chi connectivity index (χ2n) is 3.60. The SMILES string of the molecule is CNC(=O)COc1c(CCN)cc(Cl)cc1OC. The van der Waals surface area contributed by atoms with Gasteiger partial charge >= 0.3 is 0 Å². The molecule has 0 atom stereocenters. The molecule has 0 heterocycles. The fourth-order valence-electron chi connectivity index (χ4n) is 1.49. The number of amides is 1. The zero-order valence-corrected chi connectivity index (χ0v) is 11.2. The molecule has 6 heteroatoms. The minimum absolute atomic E-state index is 0.0773. The molecule has 0 aliphatic carbocycles. The number of nitrogens with two attached hydrogens (primary N) is 1. The van der Waals surface area contributed by atoms with Crippen LogP contribution in [-0.2, 0) is 11.2 Å². The number of halogens is 1. The largest absolute Gasteiger partial charge is 0.493 e. The van der Waals surface area contributed by atoms with Crippen molar-refractivity contribution in [2.45, 2.75) is 6.42 Å². The van der Waals surface area contributed by atoms with Crippen molar-refractivity contribution in [3.05, 3.63) is 22.7 Å². The van der Waals surface area contributed by atoms with Gasteiger partial charge in [0, 0.05) is 23.7 Å². The van der Waals surface area contributed by atoms with Gasteiger partial charge < -0.3 is 20.5 Å². The Labute approximate surface area is 111 Å². The topological polar surface area (TPSA) is 73.6 Å². The fraction of sp³-hybridized carbons (Fsp3) is 0.417. The maximum Gasteiger partial charge on any atom is 0.257 e. The van der Waals surface area contributed by atoms with Gasteiger partial charge in [0.2, 0.25) is 0 Å². The van der Waals surface area contributed by atoms with E-state index in [0.29, 0.717) is 29.5 Å². The van der Waals surface area contributed by atoms with Crippen molar-refractivity contribution < 1.29 is 14.3 Å². The van der Waals surface area contributed by atoms with Gasteiger partial charge in [-0.1, -0.05) is 11.6 Å². The molecule has 0 radical (unpaired) electrons. The van der Waals surface area contributed by atoms with E-state index in [9.17, 15) is 4.79 Å². The highest BCUT2D eigenvalue weighted by Crippen LogP contribution is 2.34. The van der Waals surface area contributed by atoms with Crippen LogP contribution in [0.25, 0.3) is 0 Å². The van der Waals surface area contributed by atoms with E-state index in [1.165, 1.54) is 7.11 Å². The average Bonchev–Trinajstić information content (AvgIpc) is 2.36. The van der Waals surface area contributed by atoms with E-state index in [0.717, 1.165) is 5.56 Å². The monoisotopic (exact) mass is 272 g/mol. The van der Waals surface area contributed by atoms with E-state index in [1.807, 2.05) is 0 Å². The standard InChI is InChI=1S/C12H17ClN2O3/c1-15-11(16)7-18-12-8(3-4-14)5-9(13)6-10(12)17-2/h5-6H,3-4,7,14H2,1-2H3,(H,15,16). The average molecular weight is 273 g/mol. The summed E-state index contributed by atoms with van der Waals surface area (Å²) in [6.45, 7) is 0.381. The first-order chi connectivity index (χ1) is 8.62. The first-order valence-electron chi connectivity index (χ1n) is 5.52. The molecule has 1 aromatic rings. The molecule has 100 valence electrons. The molecule has 1 rings (SSSR count). The predicted octanol–water partition coefficient (Wildman–Crippen LogP) is 0.975. The summed E-state index contributed by atoms with van der Waals surface area (Å²) in [6, 6.07) is 3.40. The molecular weight excluding hydrogens is 256 g/mol. The quantitative estimate of drug-likeness (QED) is 0.809. The molecule has 0 saturated heterocycles. The maximum absolute atomic E-state index is 11.2. The number of likely N-dealkylation sites (N-methyl/N-ethyl adjacent to an activating group) is 1. The van der Waals surface area contributed by atoms with Crippen molar-refractivity contribution in [2.24, 2.45) is 5.73 Å². The minimum atomic E-state index is -0.217. The van der Waals surface area contributed by atoms with Gasteiger partial charge in [0.25, 0.3) is 5.91 Å². The van der Waals surface area contributed by atoms with Gasteiger partial charge in [0.05, 0.1) is 7.11 Å². The Hall–Kier alpha value is -1.46. The Balaban J connectivity index is 3.00. The van der Waals surface area contributed by atoms with Crippen molar-refractivity contribution in [1.82, 2.24) is 5.32 Å². The number of nitrogens with one attached hydrogen (secondary N) is 1. The van der Waals surface area contributed by atoms with Gasteiger partial charge in [-0.2, -0.15) is 0 Å². The Morgan fingerprint density at radius 3 is 2.78 bits per heavy atom. The summed E-state index contributed by atoms with van der Waals surface area (Å²) in [5, 5.41) is 3.02. The zero-order chi connectivity index (χ0) is 13.5. The molecule has 18 heavy (non-hydrogen) atoms. The summed E-state index contributed by atoms with van der Waals surface area (Å²) in [7, 11) is 3.07. The number of ether oxygens (including phenoxy) is 2. The number of benzene rings is 1. The van der Waals surface area contributed by atoms with Gasteiger partial charge in [-0.25, -0.2) is 0 Å². The molecule has 0 bridgehead atoms. The number of carbonyl (C=O) groups is 1. The van der Waals surface area contributed by atoms with Crippen LogP contribution in [0.1, 0.15) is 5.56 Å². The van der Waals surface area contributed by atoms with Crippen LogP contribution >= 0.6 is 11.6 Å². The lowest BCUT2D eigenvalue weighted by molar-refractivity contribution is -0.122. The van der Waals surface area contributed by atoms with Gasteiger partial charge in [-0.3, -0.25) is 4.79 Å². The molecule has 0 aliphatic rings. The second kappa shape index (κ2) is 7.08. The third-order valence-corrected chi connectivity index (χ3v) is 2.57. The Morgan fingerprint density at radius 2 is 2.22 bits per heavy atom. The molecule has 1 aromatic carbocycles. The summed E-state index contributed by atoms with van der Waals surface area (Å²) in [4.78, 5) is 11.2. The fourth-order valence-corrected chi connectivity index (χ4v) is 1.72. The van der Waals surface area contributed by atoms with E-state index in [1.54, 1.807) is 19.2 Å². The molecule has 3 N–H and O–H groups in total. The zero-order valence-electron chi connectivity index (χ0n) is 10.5. The molecule has 0 aliphatic heterocycles. The number of methoxy groups -OCH3 is 1. The normalized spacial score (nSPS) is 10.0. The Kier molecular flexibility index (Phi) is 5.74. The molecule has 0 aromatic heterocycles. The molecule has 0 unspecified atom stereocenters. The van der Waals surface area contributed by atoms with Crippen LogP contribution in [0, 0.1) is 0 Å². The van der Waals surface area contributed by atoms with Gasteiger partial charge in [-0.15, -0.1) is 0 Å². The lowest BCUT2D eigenvalue weighted by Gasteiger charge is -2.15. The van der Waals surface area contributed by atoms with Crippen molar-refractivity contribution in [1.29, 1.82) is 0 Å². The lowest BCUT2D eigenvalue weighted by Crippen LogP contribution is -2.25. The smallest absolute Gasteiger partial charge is 0.257 e. The van der Waals surface area contributed by atoms with Gasteiger partial charge in [0.1, 0.15) is 0 Å². The molecule has 0 saturated carbocycles. The highest BCUT2D eigenvalue weighted by Gasteiger charge is 2.13. The molecule has 1 amide bonds. The lowest BCUT2D eigenvalue weighted by atomic mass is 10.1. The minimum Gasteiger partial charge on any atom is -0.493 e. The van der Waals surface area contributed by atoms with Crippen molar-refractivity contribution >= 4 is 17.5 Å². The van der Waals surface area contributed by atoms with Crippen LogP contribution in [0.2, 0.25) is 5.02 Å². The summed E-state index contributed by atoms with van der Waals surface area (Å²) in [5.74, 6) is 0.788. The highest BCUT2D eigenvalue weighted by molar-refractivity contribution is 6.30. The van der Waals surface area contributed by atoms with Crippen molar-refractivity contribution in [3.63, 3.8) is 0 Å². The molecule has 0 fully saturated rings. The number of carbonyl (C=O) groups excluding carboxylic acids is 1.